The van der Waals surface area contributed by atoms with E-state index in [1.165, 1.54) is 0 Å². The van der Waals surface area contributed by atoms with Crippen molar-refractivity contribution in [3.05, 3.63) is 287 Å². The lowest BCUT2D eigenvalue weighted by atomic mass is 10.2. The van der Waals surface area contributed by atoms with E-state index in [1.54, 1.807) is 0 Å². The minimum absolute atomic E-state index is 0.0972. The molecule has 802 valence electrons. The molecular weight excluding hydrogens is 1940 g/mol. The second kappa shape index (κ2) is 59.0. The van der Waals surface area contributed by atoms with Crippen LogP contribution in [0.15, 0.2) is 243 Å². The normalized spacial score (nSPS) is 26.2. The highest BCUT2D eigenvalue weighted by molar-refractivity contribution is 6.01. The summed E-state index contributed by atoms with van der Waals surface area (Å²) in [5.41, 5.74) is 6.64. The van der Waals surface area contributed by atoms with Gasteiger partial charge in [0.25, 0.3) is 11.8 Å². The molecule has 9 aliphatic heterocycles. The number of benzene rings is 8. The Morgan fingerprint density at radius 3 is 0.604 bits per heavy atom. The molecule has 0 saturated carbocycles. The molecule has 0 bridgehead atoms. The van der Waals surface area contributed by atoms with Crippen molar-refractivity contribution in [2.75, 3.05) is 198 Å². The summed E-state index contributed by atoms with van der Waals surface area (Å²) in [6.07, 6.45) is -15.2. The minimum atomic E-state index is -1.14. The second-order valence-electron chi connectivity index (χ2n) is 37.1. The van der Waals surface area contributed by atoms with Gasteiger partial charge in [-0.05, 0) is 0 Å². The molecule has 0 radical (unpaired) electrons. The molecule has 5 amide bonds. The predicted molar refractivity (Wildman–Crippen MR) is 522 cm³/mol. The Morgan fingerprint density at radius 2 is 0.430 bits per heavy atom. The largest absolute Gasteiger partial charge is 0.371 e. The van der Waals surface area contributed by atoms with Crippen LogP contribution in [0.5, 0.6) is 0 Å². The molecule has 9 aliphatic rings. The molecule has 0 unspecified atom stereocenters. The predicted octanol–water partition coefficient (Wildman–Crippen LogP) is 9.76. The smallest absolute Gasteiger partial charge is 0.333 e. The number of rotatable bonds is 54. The summed E-state index contributed by atoms with van der Waals surface area (Å²) in [4.78, 5) is 92.2. The van der Waals surface area contributed by atoms with E-state index < -0.39 is 197 Å². The standard InChI is InChI=1S/C110H132N4O35/c115-97(111-83(47-121-85(51-125-89-59-133-103(134-60-89)75-25-9-1-10-26-75)52-126-90-61-135-104(136-62-90)76-27-11-2-12-28-76)48-122-86(53-127-91-63-137-105(138-64-91)77-29-13-3-14-30-77)54-128-92-65-139-106(140-66-92)78-31-15-4-16-32-78)45-113(99(117)43-44-102(120)149-114-100(118)41-42-101(114)119)46-98(116)112-84(49-123-87(55-129-93-67-141-107(142-68-93)79-33-17-5-18-34-79)56-130-94-69-143-108(144-70-94)80-35-19-6-20-36-80)50-124-88(57-131-95-71-145-109(146-72-95)81-37-21-7-22-38-81)58-132-96-73-147-110(148-74-96)82-39-23-8-24-40-82/h1-40,83-96,103-110H,41-74H2,(H,111,115)(H,112,116). The Labute approximate surface area is 864 Å². The van der Waals surface area contributed by atoms with Gasteiger partial charge in [0, 0.05) is 63.8 Å². The number of nitrogens with one attached hydrogen (secondary N) is 2. The van der Waals surface area contributed by atoms with Crippen molar-refractivity contribution in [1.29, 1.82) is 0 Å². The van der Waals surface area contributed by atoms with E-state index >= 15 is 14.4 Å². The molecular formula is C110H132N4O35. The molecule has 39 nitrogen and oxygen atoms in total. The van der Waals surface area contributed by atoms with Crippen molar-refractivity contribution in [1.82, 2.24) is 20.6 Å². The first-order valence-corrected chi connectivity index (χ1v) is 50.8. The molecule has 0 spiro atoms. The van der Waals surface area contributed by atoms with Crippen LogP contribution in [0.3, 0.4) is 0 Å². The Balaban J connectivity index is 0.640. The van der Waals surface area contributed by atoms with Gasteiger partial charge in [0.05, 0.1) is 203 Å². The van der Waals surface area contributed by atoms with Crippen molar-refractivity contribution >= 4 is 35.5 Å². The summed E-state index contributed by atoms with van der Waals surface area (Å²) in [6, 6.07) is 73.9. The molecule has 8 aromatic carbocycles. The van der Waals surface area contributed by atoms with Crippen LogP contribution >= 0.6 is 0 Å². The van der Waals surface area contributed by atoms with Crippen molar-refractivity contribution < 1.29 is 166 Å². The number of hydrogen-bond donors (Lipinski definition) is 2. The van der Waals surface area contributed by atoms with Gasteiger partial charge < -0.3 is 153 Å². The van der Waals surface area contributed by atoms with Gasteiger partial charge in [-0.25, -0.2) is 4.79 Å². The topological polar surface area (TPSA) is 401 Å². The molecule has 0 aromatic heterocycles. The van der Waals surface area contributed by atoms with Crippen molar-refractivity contribution in [2.45, 2.75) is 161 Å². The number of hydroxylamine groups is 2. The van der Waals surface area contributed by atoms with Gasteiger partial charge >= 0.3 is 5.97 Å². The maximum atomic E-state index is 15.6. The molecule has 9 saturated heterocycles. The maximum absolute atomic E-state index is 15.6. The van der Waals surface area contributed by atoms with E-state index in [2.05, 4.69) is 10.6 Å². The van der Waals surface area contributed by atoms with Gasteiger partial charge in [0.2, 0.25) is 17.7 Å². The SMILES string of the molecule is O=C(CN(CC(=O)NC(COC(COC1COC(c2ccccc2)OC1)COC1COC(c2ccccc2)OC1)COC(COC1COC(c2ccccc2)OC1)COC1COC(c2ccccc2)OC1)C(=O)CCC(=O)ON1C(=O)CCC1=O)NC(COC(COC1COC(c2ccccc2)OC1)COC1COC(c2ccccc2)OC1)COC(COC1COC(c2ccccc2)OC1)COC1COC(c2ccccc2)OC1. The van der Waals surface area contributed by atoms with Crippen LogP contribution in [-0.2, 0) is 166 Å². The van der Waals surface area contributed by atoms with Crippen molar-refractivity contribution in [3.63, 3.8) is 0 Å². The summed E-state index contributed by atoms with van der Waals surface area (Å²) < 4.78 is 179. The number of imide groups is 1. The third-order valence-electron chi connectivity index (χ3n) is 25.3. The summed E-state index contributed by atoms with van der Waals surface area (Å²) in [5.74, 6) is -5.28. The van der Waals surface area contributed by atoms with Gasteiger partial charge in [-0.3, -0.25) is 24.0 Å². The molecule has 9 fully saturated rings. The summed E-state index contributed by atoms with van der Waals surface area (Å²) >= 11 is 0. The van der Waals surface area contributed by atoms with Crippen molar-refractivity contribution in [2.24, 2.45) is 0 Å². The zero-order valence-corrected chi connectivity index (χ0v) is 83.0. The van der Waals surface area contributed by atoms with E-state index in [0.29, 0.717) is 5.06 Å². The zero-order chi connectivity index (χ0) is 102. The number of carbonyl (C=O) groups excluding carboxylic acids is 6. The number of nitrogens with zero attached hydrogens (tertiary/aromatic N) is 2. The Hall–Kier alpha value is -10.3. The molecule has 9 heterocycles. The number of carbonyl (C=O) groups is 6. The molecule has 149 heavy (non-hydrogen) atoms. The third kappa shape index (κ3) is 35.4. The molecule has 2 N–H and O–H groups in total. The number of ether oxygens (including phenoxy) is 28. The second-order valence-corrected chi connectivity index (χ2v) is 37.1. The first-order chi connectivity index (χ1) is 73.2. The van der Waals surface area contributed by atoms with Crippen LogP contribution in [0.4, 0.5) is 0 Å². The van der Waals surface area contributed by atoms with E-state index in [9.17, 15) is 14.4 Å². The Kier molecular flexibility index (Phi) is 43.5. The molecule has 17 rings (SSSR count). The van der Waals surface area contributed by atoms with Crippen LogP contribution in [0.25, 0.3) is 0 Å². The van der Waals surface area contributed by atoms with E-state index in [4.69, 9.17) is 137 Å². The van der Waals surface area contributed by atoms with Crippen molar-refractivity contribution in [3.8, 4) is 0 Å². The van der Waals surface area contributed by atoms with Crippen LogP contribution in [0.2, 0.25) is 0 Å². The Morgan fingerprint density at radius 1 is 0.255 bits per heavy atom. The Bertz CT molecular complexity index is 4380. The summed E-state index contributed by atoms with van der Waals surface area (Å²) in [5, 5.41) is 6.44. The monoisotopic (exact) mass is 2070 g/mol. The fraction of sp³-hybridized carbons (Fsp3) is 0.509. The van der Waals surface area contributed by atoms with Gasteiger partial charge in [0.15, 0.2) is 50.3 Å². The fourth-order valence-corrected chi connectivity index (χ4v) is 17.2. The minimum Gasteiger partial charge on any atom is -0.371 e. The van der Waals surface area contributed by atoms with Crippen LogP contribution in [-0.4, -0.2) is 329 Å². The highest BCUT2D eigenvalue weighted by Gasteiger charge is 2.39. The highest BCUT2D eigenvalue weighted by Crippen LogP contribution is 2.34. The first-order valence-electron chi connectivity index (χ1n) is 50.8. The summed E-state index contributed by atoms with van der Waals surface area (Å²) in [7, 11) is 0. The van der Waals surface area contributed by atoms with Gasteiger partial charge in [-0.1, -0.05) is 243 Å². The first kappa shape index (κ1) is 110. The average molecular weight is 2070 g/mol. The third-order valence-corrected chi connectivity index (χ3v) is 25.3. The molecule has 0 atom stereocenters. The lowest BCUT2D eigenvalue weighted by molar-refractivity contribution is -0.245. The van der Waals surface area contributed by atoms with Gasteiger partial charge in [0.1, 0.15) is 86.3 Å². The summed E-state index contributed by atoms with van der Waals surface area (Å²) in [6.45, 7) is -1.34. The quantitative estimate of drug-likeness (QED) is 0.0335. The van der Waals surface area contributed by atoms with E-state index in [-0.39, 0.29) is 198 Å². The molecule has 0 aliphatic carbocycles. The number of hydrogen-bond acceptors (Lipinski definition) is 35. The van der Waals surface area contributed by atoms with Crippen LogP contribution < -0.4 is 10.6 Å². The van der Waals surface area contributed by atoms with E-state index in [0.717, 1.165) is 49.4 Å². The average Bonchev–Trinajstić information content (AvgIpc) is 1.56. The molecule has 39 heteroatoms. The van der Waals surface area contributed by atoms with Gasteiger partial charge in [-0.2, -0.15) is 0 Å². The number of amides is 5. The zero-order valence-electron chi connectivity index (χ0n) is 83.0. The van der Waals surface area contributed by atoms with Crippen LogP contribution in [0.1, 0.15) is 121 Å². The molecule has 8 aromatic rings. The highest BCUT2D eigenvalue weighted by atomic mass is 16.8. The van der Waals surface area contributed by atoms with Crippen LogP contribution in [0, 0.1) is 0 Å². The van der Waals surface area contributed by atoms with E-state index in [1.807, 2.05) is 243 Å². The maximum Gasteiger partial charge on any atom is 0.333 e. The lowest BCUT2D eigenvalue weighted by Crippen LogP contribution is -2.52. The van der Waals surface area contributed by atoms with Gasteiger partial charge in [-0.15, -0.1) is 5.06 Å². The fourth-order valence-electron chi connectivity index (χ4n) is 17.2. The lowest BCUT2D eigenvalue weighted by Gasteiger charge is -2.33.